The second-order valence-corrected chi connectivity index (χ2v) is 8.18. The molecule has 1 atom stereocenters. The monoisotopic (exact) mass is 465 g/mol. The molecule has 0 fully saturated rings. The van der Waals surface area contributed by atoms with Crippen LogP contribution in [0.4, 0.5) is 0 Å². The van der Waals surface area contributed by atoms with E-state index in [0.717, 1.165) is 0 Å². The van der Waals surface area contributed by atoms with Gasteiger partial charge in [0, 0.05) is 24.6 Å². The van der Waals surface area contributed by atoms with Crippen LogP contribution in [0.3, 0.4) is 0 Å². The Kier molecular flexibility index (Phi) is 6.61. The van der Waals surface area contributed by atoms with Crippen molar-refractivity contribution in [2.75, 3.05) is 27.4 Å². The molecule has 1 aliphatic rings. The van der Waals surface area contributed by atoms with Crippen molar-refractivity contribution < 1.29 is 33.3 Å². The van der Waals surface area contributed by atoms with Gasteiger partial charge in [0.25, 0.3) is 5.91 Å². The van der Waals surface area contributed by atoms with Crippen LogP contribution in [0.15, 0.2) is 64.3 Å². The lowest BCUT2D eigenvalue weighted by Crippen LogP contribution is -2.34. The number of furan rings is 1. The van der Waals surface area contributed by atoms with E-state index in [1.807, 2.05) is 19.9 Å². The summed E-state index contributed by atoms with van der Waals surface area (Å²) in [5.74, 6) is -0.866. The van der Waals surface area contributed by atoms with Crippen LogP contribution >= 0.6 is 0 Å². The van der Waals surface area contributed by atoms with E-state index in [9.17, 15) is 14.7 Å². The number of aliphatic hydroxyl groups is 1. The summed E-state index contributed by atoms with van der Waals surface area (Å²) in [6, 6.07) is 13.2. The summed E-state index contributed by atoms with van der Waals surface area (Å²) in [6.07, 6.45) is -0.134. The largest absolute Gasteiger partial charge is 0.503 e. The molecule has 178 valence electrons. The summed E-state index contributed by atoms with van der Waals surface area (Å²) < 4.78 is 22.3. The predicted molar refractivity (Wildman–Crippen MR) is 125 cm³/mol. The van der Waals surface area contributed by atoms with Crippen LogP contribution in [0.2, 0.25) is 0 Å². The Hall–Kier alpha value is -3.78. The maximum absolute atomic E-state index is 13.7. The molecule has 8 nitrogen and oxygen atoms in total. The average Bonchev–Trinajstić information content (AvgIpc) is 3.37. The molecule has 2 aromatic carbocycles. The van der Waals surface area contributed by atoms with E-state index in [1.165, 1.54) is 19.1 Å². The van der Waals surface area contributed by atoms with Gasteiger partial charge in [-0.25, -0.2) is 0 Å². The molecule has 3 aromatic rings. The highest BCUT2D eigenvalue weighted by Gasteiger charge is 2.45. The van der Waals surface area contributed by atoms with Gasteiger partial charge in [-0.05, 0) is 32.0 Å². The molecule has 0 bridgehead atoms. The molecule has 0 spiro atoms. The Morgan fingerprint density at radius 2 is 1.85 bits per heavy atom. The molecular weight excluding hydrogens is 438 g/mol. The van der Waals surface area contributed by atoms with Gasteiger partial charge in [-0.15, -0.1) is 0 Å². The van der Waals surface area contributed by atoms with Gasteiger partial charge in [-0.3, -0.25) is 9.59 Å². The molecule has 1 aromatic heterocycles. The van der Waals surface area contributed by atoms with Crippen LogP contribution < -0.4 is 9.47 Å². The number of ether oxygens (including phenoxy) is 3. The van der Waals surface area contributed by atoms with Gasteiger partial charge in [-0.1, -0.05) is 30.3 Å². The van der Waals surface area contributed by atoms with E-state index in [0.29, 0.717) is 28.0 Å². The Bertz CT molecular complexity index is 1260. The van der Waals surface area contributed by atoms with E-state index >= 15 is 0 Å². The Balaban J connectivity index is 1.84. The second-order valence-electron chi connectivity index (χ2n) is 8.18. The van der Waals surface area contributed by atoms with E-state index < -0.39 is 23.5 Å². The summed E-state index contributed by atoms with van der Waals surface area (Å²) in [7, 11) is 3.03. The molecule has 1 aliphatic heterocycles. The maximum atomic E-state index is 13.7. The van der Waals surface area contributed by atoms with Crippen LogP contribution in [-0.4, -0.2) is 55.2 Å². The third kappa shape index (κ3) is 4.12. The molecule has 0 aliphatic carbocycles. The Morgan fingerprint density at radius 1 is 1.12 bits per heavy atom. The highest BCUT2D eigenvalue weighted by Crippen LogP contribution is 2.43. The van der Waals surface area contributed by atoms with Crippen molar-refractivity contribution in [3.05, 3.63) is 71.2 Å². The number of rotatable bonds is 9. The van der Waals surface area contributed by atoms with Gasteiger partial charge in [0.2, 0.25) is 5.78 Å². The number of hydrogen-bond donors (Lipinski definition) is 1. The molecule has 0 saturated heterocycles. The van der Waals surface area contributed by atoms with Crippen LogP contribution in [0.5, 0.6) is 11.5 Å². The first-order valence-corrected chi connectivity index (χ1v) is 11.0. The molecule has 4 rings (SSSR count). The number of carbonyl (C=O) groups is 2. The molecular formula is C26H27NO7. The Labute approximate surface area is 197 Å². The summed E-state index contributed by atoms with van der Waals surface area (Å²) in [6.45, 7) is 4.18. The normalized spacial score (nSPS) is 16.1. The SMILES string of the molecule is COCCN1C(=O)C(O)=C(C(=O)c2cc3cccc(OC)c3o2)C1c1ccccc1OC(C)C. The standard InChI is InChI=1S/C26H27NO7/c1-15(2)33-18-10-6-5-9-17(18)22-21(24(29)26(30)27(22)12-13-31-3)23(28)20-14-16-8-7-11-19(32-4)25(16)34-20/h5-11,14-15,22,29H,12-13H2,1-4H3. The first-order valence-electron chi connectivity index (χ1n) is 11.0. The number of Topliss-reactive ketones (excluding diaryl/α,β-unsaturated/α-hetero) is 1. The Morgan fingerprint density at radius 3 is 2.56 bits per heavy atom. The first-order chi connectivity index (χ1) is 16.4. The van der Waals surface area contributed by atoms with Gasteiger partial charge in [0.05, 0.1) is 31.4 Å². The van der Waals surface area contributed by atoms with E-state index in [4.69, 9.17) is 18.6 Å². The lowest BCUT2D eigenvalue weighted by atomic mass is 9.94. The summed E-state index contributed by atoms with van der Waals surface area (Å²) in [4.78, 5) is 28.2. The minimum atomic E-state index is -0.875. The zero-order valence-electron chi connectivity index (χ0n) is 19.5. The van der Waals surface area contributed by atoms with Gasteiger partial charge in [0.15, 0.2) is 22.9 Å². The summed E-state index contributed by atoms with van der Waals surface area (Å²) >= 11 is 0. The number of para-hydroxylation sites is 2. The number of nitrogens with zero attached hydrogens (tertiary/aromatic N) is 1. The van der Waals surface area contributed by atoms with E-state index in [2.05, 4.69) is 0 Å². The fourth-order valence-electron chi connectivity index (χ4n) is 4.14. The minimum absolute atomic E-state index is 0.00491. The van der Waals surface area contributed by atoms with Crippen molar-refractivity contribution in [1.29, 1.82) is 0 Å². The van der Waals surface area contributed by atoms with Crippen molar-refractivity contribution in [2.24, 2.45) is 0 Å². The lowest BCUT2D eigenvalue weighted by Gasteiger charge is -2.28. The zero-order valence-corrected chi connectivity index (χ0v) is 19.5. The smallest absolute Gasteiger partial charge is 0.290 e. The number of benzene rings is 2. The number of fused-ring (bicyclic) bond motifs is 1. The van der Waals surface area contributed by atoms with Crippen molar-refractivity contribution in [1.82, 2.24) is 4.90 Å². The van der Waals surface area contributed by atoms with Crippen LogP contribution in [0.1, 0.15) is 36.0 Å². The predicted octanol–water partition coefficient (Wildman–Crippen LogP) is 4.45. The highest BCUT2D eigenvalue weighted by atomic mass is 16.5. The second kappa shape index (κ2) is 9.61. The van der Waals surface area contributed by atoms with Crippen LogP contribution in [0, 0.1) is 0 Å². The van der Waals surface area contributed by atoms with Crippen molar-refractivity contribution in [2.45, 2.75) is 26.0 Å². The van der Waals surface area contributed by atoms with E-state index in [-0.39, 0.29) is 30.6 Å². The van der Waals surface area contributed by atoms with Crippen molar-refractivity contribution in [3.63, 3.8) is 0 Å². The number of carbonyl (C=O) groups excluding carboxylic acids is 2. The van der Waals surface area contributed by atoms with Gasteiger partial charge in [0.1, 0.15) is 5.75 Å². The molecule has 0 radical (unpaired) electrons. The fourth-order valence-corrected chi connectivity index (χ4v) is 4.14. The maximum Gasteiger partial charge on any atom is 0.290 e. The quantitative estimate of drug-likeness (QED) is 0.466. The molecule has 34 heavy (non-hydrogen) atoms. The van der Waals surface area contributed by atoms with Gasteiger partial charge >= 0.3 is 0 Å². The molecule has 1 N–H and O–H groups in total. The third-order valence-corrected chi connectivity index (χ3v) is 5.61. The van der Waals surface area contributed by atoms with Crippen molar-refractivity contribution >= 4 is 22.7 Å². The number of hydrogen-bond acceptors (Lipinski definition) is 7. The molecule has 0 saturated carbocycles. The first kappa shape index (κ1) is 23.4. The third-order valence-electron chi connectivity index (χ3n) is 5.61. The highest BCUT2D eigenvalue weighted by molar-refractivity contribution is 6.16. The summed E-state index contributed by atoms with van der Waals surface area (Å²) in [5.41, 5.74) is 0.926. The molecule has 2 heterocycles. The zero-order chi connectivity index (χ0) is 24.4. The van der Waals surface area contributed by atoms with Gasteiger partial charge < -0.3 is 28.6 Å². The fraction of sp³-hybridized carbons (Fsp3) is 0.308. The van der Waals surface area contributed by atoms with Crippen LogP contribution in [-0.2, 0) is 9.53 Å². The average molecular weight is 466 g/mol. The topological polar surface area (TPSA) is 98.4 Å². The number of amides is 1. The van der Waals surface area contributed by atoms with Crippen LogP contribution in [0.25, 0.3) is 11.0 Å². The number of aliphatic hydroxyl groups excluding tert-OH is 1. The number of methoxy groups -OCH3 is 2. The lowest BCUT2D eigenvalue weighted by molar-refractivity contribution is -0.130. The summed E-state index contributed by atoms with van der Waals surface area (Å²) in [5, 5.41) is 11.5. The van der Waals surface area contributed by atoms with Gasteiger partial charge in [-0.2, -0.15) is 0 Å². The molecule has 1 unspecified atom stereocenters. The number of ketones is 1. The molecule has 1 amide bonds. The van der Waals surface area contributed by atoms with E-state index in [1.54, 1.807) is 42.5 Å². The minimum Gasteiger partial charge on any atom is -0.503 e. The molecule has 8 heteroatoms. The van der Waals surface area contributed by atoms with Crippen molar-refractivity contribution in [3.8, 4) is 11.5 Å².